The standard InChI is InChI=1S/C23H35NO/c1-19(9-6-7-10-20(2)14-16-24-17-18-25)12-13-22-21(3)11-8-15-23(22,4)5/h6-7,9,12-14,16,24-25H,2,8,10-11,15,17-18H2,1,3-5H3/b7-6+,13-12+,16-14-,19-9+. The Bertz CT molecular complexity index is 585. The molecule has 2 nitrogen and oxygen atoms in total. The summed E-state index contributed by atoms with van der Waals surface area (Å²) in [6.07, 6.45) is 19.3. The molecule has 0 aromatic rings. The van der Waals surface area contributed by atoms with Gasteiger partial charge in [-0.05, 0) is 68.4 Å². The third-order valence-corrected chi connectivity index (χ3v) is 4.62. The van der Waals surface area contributed by atoms with Crippen LogP contribution in [0.1, 0.15) is 53.4 Å². The highest BCUT2D eigenvalue weighted by Gasteiger charge is 2.26. The van der Waals surface area contributed by atoms with E-state index in [-0.39, 0.29) is 6.61 Å². The van der Waals surface area contributed by atoms with Crippen LogP contribution in [0, 0.1) is 5.41 Å². The number of hydrogen-bond acceptors (Lipinski definition) is 2. The fourth-order valence-corrected chi connectivity index (χ4v) is 3.11. The summed E-state index contributed by atoms with van der Waals surface area (Å²) in [7, 11) is 0. The fourth-order valence-electron chi connectivity index (χ4n) is 3.11. The third kappa shape index (κ3) is 8.22. The molecule has 0 aliphatic heterocycles. The molecule has 0 atom stereocenters. The number of hydrogen-bond donors (Lipinski definition) is 2. The van der Waals surface area contributed by atoms with Crippen molar-refractivity contribution in [1.82, 2.24) is 5.32 Å². The lowest BCUT2D eigenvalue weighted by molar-refractivity contribution is 0.298. The Morgan fingerprint density at radius 3 is 2.76 bits per heavy atom. The van der Waals surface area contributed by atoms with Crippen molar-refractivity contribution in [2.24, 2.45) is 5.41 Å². The zero-order valence-corrected chi connectivity index (χ0v) is 16.4. The van der Waals surface area contributed by atoms with Crippen molar-refractivity contribution in [3.05, 3.63) is 71.5 Å². The first-order valence-corrected chi connectivity index (χ1v) is 9.27. The number of allylic oxidation sites excluding steroid dienone is 10. The van der Waals surface area contributed by atoms with Crippen LogP contribution < -0.4 is 5.32 Å². The van der Waals surface area contributed by atoms with E-state index in [1.807, 2.05) is 12.3 Å². The highest BCUT2D eigenvalue weighted by atomic mass is 16.3. The lowest BCUT2D eigenvalue weighted by Crippen LogP contribution is -2.19. The molecule has 0 heterocycles. The maximum atomic E-state index is 8.68. The molecule has 0 saturated carbocycles. The Hall–Kier alpha value is -1.80. The van der Waals surface area contributed by atoms with E-state index in [0.29, 0.717) is 12.0 Å². The lowest BCUT2D eigenvalue weighted by atomic mass is 9.72. The highest BCUT2D eigenvalue weighted by Crippen LogP contribution is 2.40. The molecule has 1 aliphatic rings. The summed E-state index contributed by atoms with van der Waals surface area (Å²) in [5.74, 6) is 0. The molecule has 0 bridgehead atoms. The molecule has 0 saturated heterocycles. The van der Waals surface area contributed by atoms with Gasteiger partial charge in [-0.1, -0.05) is 62.0 Å². The molecule has 0 aromatic heterocycles. The molecule has 2 N–H and O–H groups in total. The number of aliphatic hydroxyl groups is 1. The summed E-state index contributed by atoms with van der Waals surface area (Å²) in [4.78, 5) is 0. The first-order valence-electron chi connectivity index (χ1n) is 9.27. The van der Waals surface area contributed by atoms with Crippen LogP contribution in [0.4, 0.5) is 0 Å². The third-order valence-electron chi connectivity index (χ3n) is 4.62. The normalized spacial score (nSPS) is 18.7. The van der Waals surface area contributed by atoms with E-state index in [2.05, 4.69) is 70.0 Å². The molecule has 0 spiro atoms. The van der Waals surface area contributed by atoms with Gasteiger partial charge in [0.05, 0.1) is 6.61 Å². The van der Waals surface area contributed by atoms with Crippen molar-refractivity contribution in [2.75, 3.05) is 13.2 Å². The molecular weight excluding hydrogens is 306 g/mol. The van der Waals surface area contributed by atoms with E-state index in [9.17, 15) is 0 Å². The Balaban J connectivity index is 2.53. The molecule has 0 radical (unpaired) electrons. The summed E-state index contributed by atoms with van der Waals surface area (Å²) in [5.41, 5.74) is 5.62. The topological polar surface area (TPSA) is 32.3 Å². The second kappa shape index (κ2) is 10.9. The fraction of sp³-hybridized carbons (Fsp3) is 0.478. The van der Waals surface area contributed by atoms with Gasteiger partial charge in [0.1, 0.15) is 0 Å². The Kier molecular flexibility index (Phi) is 9.30. The van der Waals surface area contributed by atoms with Crippen molar-refractivity contribution < 1.29 is 5.11 Å². The first-order chi connectivity index (χ1) is 11.9. The molecule has 0 aromatic carbocycles. The summed E-state index contributed by atoms with van der Waals surface area (Å²) in [5, 5.41) is 11.7. The Labute approximate surface area is 154 Å². The zero-order chi connectivity index (χ0) is 18.7. The van der Waals surface area contributed by atoms with Crippen molar-refractivity contribution in [3.8, 4) is 0 Å². The predicted octanol–water partition coefficient (Wildman–Crippen LogP) is 5.61. The number of aliphatic hydroxyl groups excluding tert-OH is 1. The van der Waals surface area contributed by atoms with Crippen molar-refractivity contribution in [2.45, 2.75) is 53.4 Å². The average molecular weight is 342 g/mol. The van der Waals surface area contributed by atoms with Crippen LogP contribution in [0.5, 0.6) is 0 Å². The van der Waals surface area contributed by atoms with Crippen LogP contribution in [0.2, 0.25) is 0 Å². The molecule has 0 fully saturated rings. The monoisotopic (exact) mass is 341 g/mol. The van der Waals surface area contributed by atoms with E-state index in [1.165, 1.54) is 36.0 Å². The van der Waals surface area contributed by atoms with Gasteiger partial charge in [-0.2, -0.15) is 0 Å². The van der Waals surface area contributed by atoms with Gasteiger partial charge in [0.2, 0.25) is 0 Å². The summed E-state index contributed by atoms with van der Waals surface area (Å²) < 4.78 is 0. The minimum atomic E-state index is 0.141. The summed E-state index contributed by atoms with van der Waals surface area (Å²) in [6.45, 7) is 13.8. The van der Waals surface area contributed by atoms with Gasteiger partial charge in [-0.3, -0.25) is 0 Å². The largest absolute Gasteiger partial charge is 0.395 e. The molecule has 25 heavy (non-hydrogen) atoms. The maximum absolute atomic E-state index is 8.68. The van der Waals surface area contributed by atoms with Crippen LogP contribution in [0.3, 0.4) is 0 Å². The van der Waals surface area contributed by atoms with Crippen molar-refractivity contribution >= 4 is 0 Å². The highest BCUT2D eigenvalue weighted by molar-refractivity contribution is 5.36. The van der Waals surface area contributed by atoms with Gasteiger partial charge in [0.15, 0.2) is 0 Å². The van der Waals surface area contributed by atoms with E-state index in [4.69, 9.17) is 5.11 Å². The second-order valence-corrected chi connectivity index (χ2v) is 7.48. The summed E-state index contributed by atoms with van der Waals surface area (Å²) in [6, 6.07) is 0. The zero-order valence-electron chi connectivity index (χ0n) is 16.4. The quantitative estimate of drug-likeness (QED) is 0.422. The minimum Gasteiger partial charge on any atom is -0.395 e. The van der Waals surface area contributed by atoms with Crippen LogP contribution in [-0.4, -0.2) is 18.3 Å². The first kappa shape index (κ1) is 21.2. The maximum Gasteiger partial charge on any atom is 0.0603 e. The molecule has 2 heteroatoms. The molecule has 1 aliphatic carbocycles. The second-order valence-electron chi connectivity index (χ2n) is 7.48. The summed E-state index contributed by atoms with van der Waals surface area (Å²) >= 11 is 0. The van der Waals surface area contributed by atoms with Crippen molar-refractivity contribution in [3.63, 3.8) is 0 Å². The van der Waals surface area contributed by atoms with E-state index < -0.39 is 0 Å². The van der Waals surface area contributed by atoms with Crippen LogP contribution in [0.15, 0.2) is 71.5 Å². The molecule has 0 unspecified atom stereocenters. The average Bonchev–Trinajstić information content (AvgIpc) is 2.54. The lowest BCUT2D eigenvalue weighted by Gasteiger charge is -2.32. The minimum absolute atomic E-state index is 0.141. The SMILES string of the molecule is C=C(/C=C\NCCO)C/C=C/C=C(C)/C=C/C1=C(C)CCCC1(C)C. The van der Waals surface area contributed by atoms with E-state index >= 15 is 0 Å². The number of nitrogens with one attached hydrogen (secondary N) is 1. The van der Waals surface area contributed by atoms with Crippen LogP contribution >= 0.6 is 0 Å². The van der Waals surface area contributed by atoms with Gasteiger partial charge < -0.3 is 10.4 Å². The molecule has 138 valence electrons. The number of rotatable bonds is 9. The molecule has 0 amide bonds. The Morgan fingerprint density at radius 1 is 1.32 bits per heavy atom. The van der Waals surface area contributed by atoms with Gasteiger partial charge in [0, 0.05) is 6.54 Å². The predicted molar refractivity (Wildman–Crippen MR) is 110 cm³/mol. The molecule has 1 rings (SSSR count). The Morgan fingerprint density at radius 2 is 2.08 bits per heavy atom. The molecular formula is C23H35NO. The van der Waals surface area contributed by atoms with Gasteiger partial charge in [0.25, 0.3) is 0 Å². The van der Waals surface area contributed by atoms with Gasteiger partial charge >= 0.3 is 0 Å². The smallest absolute Gasteiger partial charge is 0.0603 e. The van der Waals surface area contributed by atoms with Crippen molar-refractivity contribution in [1.29, 1.82) is 0 Å². The van der Waals surface area contributed by atoms with Gasteiger partial charge in [-0.15, -0.1) is 0 Å². The van der Waals surface area contributed by atoms with Crippen LogP contribution in [-0.2, 0) is 0 Å². The van der Waals surface area contributed by atoms with Gasteiger partial charge in [-0.25, -0.2) is 0 Å². The van der Waals surface area contributed by atoms with E-state index in [1.54, 1.807) is 0 Å². The van der Waals surface area contributed by atoms with E-state index in [0.717, 1.165) is 12.0 Å². The van der Waals surface area contributed by atoms with Crippen LogP contribution in [0.25, 0.3) is 0 Å².